The Bertz CT molecular complexity index is 717. The summed E-state index contributed by atoms with van der Waals surface area (Å²) in [6, 6.07) is 0. The molecule has 0 radical (unpaired) electrons. The SMILES string of the molecule is CCC(CC)C(=O)NCCn1ncc2c(NCCOC)nc(SC)nc21. The van der Waals surface area contributed by atoms with Crippen molar-refractivity contribution >= 4 is 34.5 Å². The zero-order valence-electron chi connectivity index (χ0n) is 15.9. The Morgan fingerprint density at radius 1 is 1.31 bits per heavy atom. The van der Waals surface area contributed by atoms with Crippen molar-refractivity contribution in [2.45, 2.75) is 38.4 Å². The van der Waals surface area contributed by atoms with Gasteiger partial charge in [0.05, 0.1) is 24.7 Å². The number of thioether (sulfide) groups is 1. The first-order chi connectivity index (χ1) is 12.6. The van der Waals surface area contributed by atoms with Crippen molar-refractivity contribution in [3.05, 3.63) is 6.20 Å². The molecule has 0 saturated heterocycles. The normalized spacial score (nSPS) is 11.3. The Morgan fingerprint density at radius 3 is 2.73 bits per heavy atom. The standard InChI is InChI=1S/C17H28N6O2S/c1-5-12(6-2)16(24)19-7-9-23-15-13(11-20-23)14(18-8-10-25-3)21-17(22-15)26-4/h11-12H,5-10H2,1-4H3,(H,19,24)(H,18,21,22). The van der Waals surface area contributed by atoms with Crippen molar-refractivity contribution < 1.29 is 9.53 Å². The van der Waals surface area contributed by atoms with Crippen molar-refractivity contribution in [3.8, 4) is 0 Å². The number of anilines is 1. The maximum atomic E-state index is 12.1. The molecule has 2 heterocycles. The molecule has 0 aromatic carbocycles. The summed E-state index contributed by atoms with van der Waals surface area (Å²) in [7, 11) is 1.67. The maximum absolute atomic E-state index is 12.1. The topological polar surface area (TPSA) is 94.0 Å². The first-order valence-corrected chi connectivity index (χ1v) is 10.1. The van der Waals surface area contributed by atoms with Crippen LogP contribution in [0, 0.1) is 5.92 Å². The molecule has 0 atom stereocenters. The number of methoxy groups -OCH3 is 1. The number of aromatic nitrogens is 4. The van der Waals surface area contributed by atoms with Crippen molar-refractivity contribution in [3.63, 3.8) is 0 Å². The number of fused-ring (bicyclic) bond motifs is 1. The molecule has 144 valence electrons. The van der Waals surface area contributed by atoms with Crippen molar-refractivity contribution in [2.24, 2.45) is 5.92 Å². The lowest BCUT2D eigenvalue weighted by Gasteiger charge is -2.13. The van der Waals surface area contributed by atoms with Crippen LogP contribution in [0.25, 0.3) is 11.0 Å². The van der Waals surface area contributed by atoms with Crippen LogP contribution in [0.2, 0.25) is 0 Å². The van der Waals surface area contributed by atoms with Gasteiger partial charge in [0.15, 0.2) is 10.8 Å². The van der Waals surface area contributed by atoms with Gasteiger partial charge in [0.2, 0.25) is 5.91 Å². The molecule has 0 unspecified atom stereocenters. The van der Waals surface area contributed by atoms with Crippen LogP contribution in [-0.2, 0) is 16.1 Å². The molecule has 8 nitrogen and oxygen atoms in total. The van der Waals surface area contributed by atoms with Gasteiger partial charge < -0.3 is 15.4 Å². The third-order valence-corrected chi connectivity index (χ3v) is 4.78. The molecule has 0 fully saturated rings. The number of nitrogens with zero attached hydrogens (tertiary/aromatic N) is 4. The lowest BCUT2D eigenvalue weighted by atomic mass is 10.0. The van der Waals surface area contributed by atoms with Crippen LogP contribution in [0.1, 0.15) is 26.7 Å². The third-order valence-electron chi connectivity index (χ3n) is 4.24. The van der Waals surface area contributed by atoms with E-state index in [9.17, 15) is 4.79 Å². The predicted molar refractivity (Wildman–Crippen MR) is 105 cm³/mol. The molecule has 2 aromatic heterocycles. The molecular weight excluding hydrogens is 352 g/mol. The molecule has 0 aliphatic carbocycles. The van der Waals surface area contributed by atoms with Crippen molar-refractivity contribution in [2.75, 3.05) is 38.4 Å². The first kappa shape index (κ1) is 20.4. The van der Waals surface area contributed by atoms with Gasteiger partial charge in [-0.05, 0) is 19.1 Å². The molecule has 0 aliphatic rings. The lowest BCUT2D eigenvalue weighted by Crippen LogP contribution is -2.32. The second-order valence-corrected chi connectivity index (χ2v) is 6.66. The predicted octanol–water partition coefficient (Wildman–Crippen LogP) is 2.16. The van der Waals surface area contributed by atoms with Gasteiger partial charge in [-0.15, -0.1) is 0 Å². The average molecular weight is 381 g/mol. The highest BCUT2D eigenvalue weighted by molar-refractivity contribution is 7.98. The highest BCUT2D eigenvalue weighted by Gasteiger charge is 2.15. The molecule has 9 heteroatoms. The van der Waals surface area contributed by atoms with Gasteiger partial charge in [0.25, 0.3) is 0 Å². The monoisotopic (exact) mass is 380 g/mol. The molecule has 2 N–H and O–H groups in total. The molecular formula is C17H28N6O2S. The summed E-state index contributed by atoms with van der Waals surface area (Å²) in [5.41, 5.74) is 0.765. The summed E-state index contributed by atoms with van der Waals surface area (Å²) in [6.45, 7) is 6.42. The summed E-state index contributed by atoms with van der Waals surface area (Å²) in [4.78, 5) is 21.2. The Morgan fingerprint density at radius 2 is 2.08 bits per heavy atom. The highest BCUT2D eigenvalue weighted by atomic mass is 32.2. The van der Waals surface area contributed by atoms with Gasteiger partial charge in [0, 0.05) is 26.1 Å². The van der Waals surface area contributed by atoms with Crippen LogP contribution in [-0.4, -0.2) is 58.7 Å². The van der Waals surface area contributed by atoms with Gasteiger partial charge in [-0.25, -0.2) is 14.6 Å². The molecule has 26 heavy (non-hydrogen) atoms. The quantitative estimate of drug-likeness (QED) is 0.350. The Labute approximate surface area is 158 Å². The fourth-order valence-electron chi connectivity index (χ4n) is 2.69. The number of amides is 1. The van der Waals surface area contributed by atoms with E-state index in [4.69, 9.17) is 4.74 Å². The minimum Gasteiger partial charge on any atom is -0.383 e. The number of hydrogen-bond donors (Lipinski definition) is 2. The summed E-state index contributed by atoms with van der Waals surface area (Å²) in [5.74, 6) is 0.933. The molecule has 0 saturated carbocycles. The third kappa shape index (κ3) is 5.07. The first-order valence-electron chi connectivity index (χ1n) is 8.92. The summed E-state index contributed by atoms with van der Waals surface area (Å²) < 4.78 is 6.89. The van der Waals surface area contributed by atoms with Gasteiger partial charge in [-0.3, -0.25) is 4.79 Å². The summed E-state index contributed by atoms with van der Waals surface area (Å²) >= 11 is 1.48. The van der Waals surface area contributed by atoms with Crippen molar-refractivity contribution in [1.29, 1.82) is 0 Å². The smallest absolute Gasteiger partial charge is 0.223 e. The van der Waals surface area contributed by atoms with Gasteiger partial charge in [-0.1, -0.05) is 25.6 Å². The number of carbonyl (C=O) groups is 1. The van der Waals surface area contributed by atoms with Crippen LogP contribution in [0.5, 0.6) is 0 Å². The summed E-state index contributed by atoms with van der Waals surface area (Å²) in [6.07, 6.45) is 5.41. The molecule has 2 aromatic rings. The van der Waals surface area contributed by atoms with Gasteiger partial charge >= 0.3 is 0 Å². The Kier molecular flexibility index (Phi) is 8.11. The number of hydrogen-bond acceptors (Lipinski definition) is 7. The Balaban J connectivity index is 2.10. The van der Waals surface area contributed by atoms with E-state index in [1.54, 1.807) is 13.3 Å². The van der Waals surface area contributed by atoms with Gasteiger partial charge in [-0.2, -0.15) is 5.10 Å². The number of rotatable bonds is 11. The van der Waals surface area contributed by atoms with Crippen LogP contribution in [0.15, 0.2) is 11.4 Å². The molecule has 0 bridgehead atoms. The zero-order chi connectivity index (χ0) is 18.9. The minimum atomic E-state index is 0.0753. The van der Waals surface area contributed by atoms with E-state index in [0.717, 1.165) is 29.7 Å². The van der Waals surface area contributed by atoms with Crippen LogP contribution >= 0.6 is 11.8 Å². The van der Waals surface area contributed by atoms with E-state index in [1.807, 2.05) is 24.8 Å². The number of carbonyl (C=O) groups excluding carboxylic acids is 1. The second-order valence-electron chi connectivity index (χ2n) is 5.89. The van der Waals surface area contributed by atoms with E-state index >= 15 is 0 Å². The number of nitrogens with one attached hydrogen (secondary N) is 2. The van der Waals surface area contributed by atoms with Gasteiger partial charge in [0.1, 0.15) is 5.82 Å². The van der Waals surface area contributed by atoms with Crippen molar-refractivity contribution in [1.82, 2.24) is 25.1 Å². The second kappa shape index (κ2) is 10.3. The van der Waals surface area contributed by atoms with E-state index in [2.05, 4.69) is 25.7 Å². The van der Waals surface area contributed by atoms with E-state index in [1.165, 1.54) is 11.8 Å². The average Bonchev–Trinajstić information content (AvgIpc) is 3.06. The fourth-order valence-corrected chi connectivity index (χ4v) is 3.05. The molecule has 1 amide bonds. The maximum Gasteiger partial charge on any atom is 0.223 e. The zero-order valence-corrected chi connectivity index (χ0v) is 16.7. The lowest BCUT2D eigenvalue weighted by molar-refractivity contribution is -0.125. The highest BCUT2D eigenvalue weighted by Crippen LogP contribution is 2.23. The number of ether oxygens (including phenoxy) is 1. The largest absolute Gasteiger partial charge is 0.383 e. The van der Waals surface area contributed by atoms with Crippen LogP contribution in [0.4, 0.5) is 5.82 Å². The van der Waals surface area contributed by atoms with E-state index in [0.29, 0.717) is 31.4 Å². The molecule has 0 aliphatic heterocycles. The molecule has 0 spiro atoms. The van der Waals surface area contributed by atoms with E-state index in [-0.39, 0.29) is 11.8 Å². The summed E-state index contributed by atoms with van der Waals surface area (Å²) in [5, 5.41) is 12.2. The fraction of sp³-hybridized carbons (Fsp3) is 0.647. The van der Waals surface area contributed by atoms with E-state index < -0.39 is 0 Å². The Hall–Kier alpha value is -1.87. The minimum absolute atomic E-state index is 0.0753. The van der Waals surface area contributed by atoms with Crippen LogP contribution < -0.4 is 10.6 Å². The van der Waals surface area contributed by atoms with Crippen LogP contribution in [0.3, 0.4) is 0 Å². The molecule has 2 rings (SSSR count).